The summed E-state index contributed by atoms with van der Waals surface area (Å²) in [4.78, 5) is 0. The van der Waals surface area contributed by atoms with Crippen LogP contribution in [0, 0.1) is 5.41 Å². The Bertz CT molecular complexity index is 442. The maximum atomic E-state index is 5.40. The third-order valence-corrected chi connectivity index (χ3v) is 3.86. The Morgan fingerprint density at radius 3 is 2.71 bits per heavy atom. The van der Waals surface area contributed by atoms with Crippen LogP contribution in [-0.2, 0) is 0 Å². The minimum atomic E-state index is 0.344. The van der Waals surface area contributed by atoms with Crippen LogP contribution in [0.1, 0.15) is 38.8 Å². The second-order valence-corrected chi connectivity index (χ2v) is 5.75. The van der Waals surface area contributed by atoms with E-state index in [0.29, 0.717) is 24.3 Å². The van der Waals surface area contributed by atoms with E-state index in [1.807, 2.05) is 6.07 Å². The summed E-state index contributed by atoms with van der Waals surface area (Å²) in [7, 11) is 0. The van der Waals surface area contributed by atoms with Gasteiger partial charge >= 0.3 is 0 Å². The molecule has 1 aliphatic carbocycles. The maximum absolute atomic E-state index is 5.40. The first kappa shape index (κ1) is 10.9. The second kappa shape index (κ2) is 3.64. The van der Waals surface area contributed by atoms with E-state index in [1.54, 1.807) is 0 Å². The number of hydrogen-bond acceptors (Lipinski definition) is 3. The lowest BCUT2D eigenvalue weighted by molar-refractivity contribution is 0.174. The van der Waals surface area contributed by atoms with Crippen molar-refractivity contribution < 1.29 is 9.47 Å². The Hall–Kier alpha value is -1.22. The SMILES string of the molecule is CC(NC1CC1(C)C)c1ccc2c(c1)OCO2. The van der Waals surface area contributed by atoms with Gasteiger partial charge in [-0.15, -0.1) is 0 Å². The molecule has 2 aliphatic rings. The molecule has 1 aromatic carbocycles. The maximum Gasteiger partial charge on any atom is 0.231 e. The van der Waals surface area contributed by atoms with Crippen LogP contribution >= 0.6 is 0 Å². The molecule has 0 saturated heterocycles. The smallest absolute Gasteiger partial charge is 0.231 e. The molecule has 0 bridgehead atoms. The fraction of sp³-hybridized carbons (Fsp3) is 0.571. The first-order valence-electron chi connectivity index (χ1n) is 6.22. The summed E-state index contributed by atoms with van der Waals surface area (Å²) in [6.45, 7) is 7.15. The van der Waals surface area contributed by atoms with Crippen LogP contribution < -0.4 is 14.8 Å². The van der Waals surface area contributed by atoms with Gasteiger partial charge < -0.3 is 14.8 Å². The van der Waals surface area contributed by atoms with Gasteiger partial charge in [-0.3, -0.25) is 0 Å². The lowest BCUT2D eigenvalue weighted by Gasteiger charge is -2.16. The molecule has 3 nitrogen and oxygen atoms in total. The van der Waals surface area contributed by atoms with E-state index in [-0.39, 0.29) is 0 Å². The van der Waals surface area contributed by atoms with Crippen molar-refractivity contribution in [3.05, 3.63) is 23.8 Å². The lowest BCUT2D eigenvalue weighted by atomic mass is 10.1. The average molecular weight is 233 g/mol. The standard InChI is InChI=1S/C14H19NO2/c1-9(15-13-7-14(13,2)3)10-4-5-11-12(6-10)17-8-16-11/h4-6,9,13,15H,7-8H2,1-3H3. The molecular weight excluding hydrogens is 214 g/mol. The van der Waals surface area contributed by atoms with Gasteiger partial charge in [-0.05, 0) is 36.5 Å². The summed E-state index contributed by atoms with van der Waals surface area (Å²) in [5.74, 6) is 1.72. The Morgan fingerprint density at radius 2 is 2.00 bits per heavy atom. The van der Waals surface area contributed by atoms with Gasteiger partial charge in [0, 0.05) is 12.1 Å². The highest BCUT2D eigenvalue weighted by Crippen LogP contribution is 2.46. The van der Waals surface area contributed by atoms with E-state index < -0.39 is 0 Å². The number of ether oxygens (including phenoxy) is 2. The van der Waals surface area contributed by atoms with Crippen molar-refractivity contribution in [2.24, 2.45) is 5.41 Å². The van der Waals surface area contributed by atoms with Crippen LogP contribution in [0.2, 0.25) is 0 Å². The minimum absolute atomic E-state index is 0.344. The predicted molar refractivity (Wildman–Crippen MR) is 66.3 cm³/mol. The van der Waals surface area contributed by atoms with Crippen LogP contribution in [0.25, 0.3) is 0 Å². The molecule has 0 aromatic heterocycles. The highest BCUT2D eigenvalue weighted by Gasteiger charge is 2.45. The number of hydrogen-bond donors (Lipinski definition) is 1. The average Bonchev–Trinajstić information content (AvgIpc) is 2.74. The van der Waals surface area contributed by atoms with Gasteiger partial charge in [0.2, 0.25) is 6.79 Å². The van der Waals surface area contributed by atoms with Crippen molar-refractivity contribution in [1.29, 1.82) is 0 Å². The highest BCUT2D eigenvalue weighted by atomic mass is 16.7. The van der Waals surface area contributed by atoms with E-state index in [2.05, 4.69) is 38.2 Å². The molecule has 1 aromatic rings. The van der Waals surface area contributed by atoms with Gasteiger partial charge in [-0.1, -0.05) is 19.9 Å². The van der Waals surface area contributed by atoms with Crippen LogP contribution in [-0.4, -0.2) is 12.8 Å². The minimum Gasteiger partial charge on any atom is -0.454 e. The van der Waals surface area contributed by atoms with Crippen LogP contribution in [0.4, 0.5) is 0 Å². The van der Waals surface area contributed by atoms with Crippen molar-refractivity contribution in [2.75, 3.05) is 6.79 Å². The third-order valence-electron chi connectivity index (χ3n) is 3.86. The first-order valence-corrected chi connectivity index (χ1v) is 6.22. The molecular formula is C14H19NO2. The van der Waals surface area contributed by atoms with Gasteiger partial charge in [0.25, 0.3) is 0 Å². The number of benzene rings is 1. The van der Waals surface area contributed by atoms with Crippen LogP contribution in [0.3, 0.4) is 0 Å². The molecule has 0 amide bonds. The van der Waals surface area contributed by atoms with E-state index in [9.17, 15) is 0 Å². The molecule has 2 atom stereocenters. The normalized spacial score (nSPS) is 25.7. The number of rotatable bonds is 3. The molecule has 3 heteroatoms. The van der Waals surface area contributed by atoms with Crippen molar-refractivity contribution in [1.82, 2.24) is 5.32 Å². The number of nitrogens with one attached hydrogen (secondary N) is 1. The topological polar surface area (TPSA) is 30.5 Å². The number of fused-ring (bicyclic) bond motifs is 1. The third kappa shape index (κ3) is 2.00. The molecule has 1 N–H and O–H groups in total. The van der Waals surface area contributed by atoms with Gasteiger partial charge in [-0.25, -0.2) is 0 Å². The van der Waals surface area contributed by atoms with E-state index in [4.69, 9.17) is 9.47 Å². The molecule has 2 unspecified atom stereocenters. The summed E-state index contributed by atoms with van der Waals surface area (Å²) in [5.41, 5.74) is 1.72. The van der Waals surface area contributed by atoms with E-state index in [1.165, 1.54) is 12.0 Å². The van der Waals surface area contributed by atoms with Crippen molar-refractivity contribution in [3.63, 3.8) is 0 Å². The second-order valence-electron chi connectivity index (χ2n) is 5.75. The Kier molecular flexibility index (Phi) is 2.33. The summed E-state index contributed by atoms with van der Waals surface area (Å²) in [6, 6.07) is 7.18. The molecule has 0 spiro atoms. The lowest BCUT2D eigenvalue weighted by Crippen LogP contribution is -2.24. The van der Waals surface area contributed by atoms with Gasteiger partial charge in [0.1, 0.15) is 0 Å². The van der Waals surface area contributed by atoms with Crippen LogP contribution in [0.15, 0.2) is 18.2 Å². The van der Waals surface area contributed by atoms with Crippen LogP contribution in [0.5, 0.6) is 11.5 Å². The quantitative estimate of drug-likeness (QED) is 0.870. The molecule has 1 fully saturated rings. The zero-order valence-corrected chi connectivity index (χ0v) is 10.6. The monoisotopic (exact) mass is 233 g/mol. The summed E-state index contributed by atoms with van der Waals surface area (Å²) in [5, 5.41) is 3.66. The van der Waals surface area contributed by atoms with Gasteiger partial charge in [0.15, 0.2) is 11.5 Å². The molecule has 3 rings (SSSR count). The predicted octanol–water partition coefficient (Wildman–Crippen LogP) is 2.86. The fourth-order valence-corrected chi connectivity index (χ4v) is 2.33. The van der Waals surface area contributed by atoms with Crippen molar-refractivity contribution in [2.45, 2.75) is 39.3 Å². The van der Waals surface area contributed by atoms with Crippen molar-refractivity contribution >= 4 is 0 Å². The zero-order valence-electron chi connectivity index (χ0n) is 10.6. The Balaban J connectivity index is 1.71. The Labute approximate surface area is 102 Å². The molecule has 1 saturated carbocycles. The summed E-state index contributed by atoms with van der Waals surface area (Å²) in [6.07, 6.45) is 1.27. The largest absolute Gasteiger partial charge is 0.454 e. The molecule has 92 valence electrons. The summed E-state index contributed by atoms with van der Waals surface area (Å²) >= 11 is 0. The first-order chi connectivity index (χ1) is 8.06. The van der Waals surface area contributed by atoms with Crippen molar-refractivity contribution in [3.8, 4) is 11.5 Å². The van der Waals surface area contributed by atoms with E-state index in [0.717, 1.165) is 11.5 Å². The molecule has 1 aliphatic heterocycles. The molecule has 17 heavy (non-hydrogen) atoms. The highest BCUT2D eigenvalue weighted by molar-refractivity contribution is 5.45. The molecule has 0 radical (unpaired) electrons. The van der Waals surface area contributed by atoms with Gasteiger partial charge in [0.05, 0.1) is 0 Å². The summed E-state index contributed by atoms with van der Waals surface area (Å²) < 4.78 is 10.7. The zero-order chi connectivity index (χ0) is 12.0. The Morgan fingerprint density at radius 1 is 1.29 bits per heavy atom. The molecule has 1 heterocycles. The fourth-order valence-electron chi connectivity index (χ4n) is 2.33. The van der Waals surface area contributed by atoms with E-state index >= 15 is 0 Å². The van der Waals surface area contributed by atoms with Gasteiger partial charge in [-0.2, -0.15) is 0 Å².